The number of aryl methyl sites for hydroxylation is 1. The summed E-state index contributed by atoms with van der Waals surface area (Å²) in [5.74, 6) is 1.83. The van der Waals surface area contributed by atoms with Crippen LogP contribution in [0, 0.1) is 6.92 Å². The van der Waals surface area contributed by atoms with Gasteiger partial charge in [0.2, 0.25) is 11.2 Å². The van der Waals surface area contributed by atoms with Crippen molar-refractivity contribution in [1.29, 1.82) is 0 Å². The maximum atomic E-state index is 13.3. The van der Waals surface area contributed by atoms with Gasteiger partial charge in [-0.3, -0.25) is 4.79 Å². The van der Waals surface area contributed by atoms with E-state index in [0.29, 0.717) is 38.1 Å². The van der Waals surface area contributed by atoms with Crippen molar-refractivity contribution < 1.29 is 18.6 Å². The van der Waals surface area contributed by atoms with Gasteiger partial charge in [0.25, 0.3) is 0 Å². The molecule has 0 unspecified atom stereocenters. The molecule has 0 bridgehead atoms. The van der Waals surface area contributed by atoms with Gasteiger partial charge in [-0.1, -0.05) is 23.2 Å². The number of rotatable bonds is 7. The van der Waals surface area contributed by atoms with Crippen LogP contribution in [0.1, 0.15) is 5.56 Å². The topological polar surface area (TPSA) is 57.9 Å². The van der Waals surface area contributed by atoms with Gasteiger partial charge >= 0.3 is 0 Å². The van der Waals surface area contributed by atoms with Crippen molar-refractivity contribution >= 4 is 34.2 Å². The molecule has 4 rings (SSSR count). The SMILES string of the molecule is COc1ccc(OCCOc2c(-c3ccc(Cl)cc3)oc3cc(C)c(Cl)cc3c2=O)cc1. The Hall–Kier alpha value is -3.15. The van der Waals surface area contributed by atoms with Crippen LogP contribution in [0.25, 0.3) is 22.3 Å². The third-order valence-corrected chi connectivity index (χ3v) is 5.55. The van der Waals surface area contributed by atoms with E-state index in [9.17, 15) is 4.79 Å². The monoisotopic (exact) mass is 470 g/mol. The van der Waals surface area contributed by atoms with Crippen molar-refractivity contribution in [2.75, 3.05) is 20.3 Å². The molecule has 164 valence electrons. The number of fused-ring (bicyclic) bond motifs is 1. The molecular formula is C25H20Cl2O5. The summed E-state index contributed by atoms with van der Waals surface area (Å²) in [4.78, 5) is 13.3. The van der Waals surface area contributed by atoms with E-state index in [4.69, 9.17) is 41.8 Å². The van der Waals surface area contributed by atoms with Gasteiger partial charge in [0.05, 0.1) is 12.5 Å². The van der Waals surface area contributed by atoms with Crippen LogP contribution in [0.2, 0.25) is 10.0 Å². The van der Waals surface area contributed by atoms with Crippen LogP contribution in [0.15, 0.2) is 69.9 Å². The van der Waals surface area contributed by atoms with Crippen LogP contribution in [-0.4, -0.2) is 20.3 Å². The first-order valence-electron chi connectivity index (χ1n) is 9.89. The maximum Gasteiger partial charge on any atom is 0.235 e. The Morgan fingerprint density at radius 1 is 0.875 bits per heavy atom. The smallest absolute Gasteiger partial charge is 0.235 e. The second-order valence-electron chi connectivity index (χ2n) is 7.07. The molecule has 0 fully saturated rings. The van der Waals surface area contributed by atoms with Crippen LogP contribution < -0.4 is 19.6 Å². The average molecular weight is 471 g/mol. The predicted molar refractivity (Wildman–Crippen MR) is 127 cm³/mol. The fourth-order valence-electron chi connectivity index (χ4n) is 3.20. The summed E-state index contributed by atoms with van der Waals surface area (Å²) < 4.78 is 22.8. The van der Waals surface area contributed by atoms with Gasteiger partial charge in [0.1, 0.15) is 30.3 Å². The van der Waals surface area contributed by atoms with E-state index in [0.717, 1.165) is 11.3 Å². The van der Waals surface area contributed by atoms with Gasteiger partial charge in [0.15, 0.2) is 5.76 Å². The van der Waals surface area contributed by atoms with E-state index in [1.165, 1.54) is 0 Å². The first-order chi connectivity index (χ1) is 15.5. The molecule has 3 aromatic carbocycles. The van der Waals surface area contributed by atoms with E-state index in [1.807, 2.05) is 6.92 Å². The number of ether oxygens (including phenoxy) is 3. The third kappa shape index (κ3) is 4.69. The Labute approximate surface area is 195 Å². The van der Waals surface area contributed by atoms with Crippen LogP contribution >= 0.6 is 23.2 Å². The molecule has 0 amide bonds. The molecule has 0 aliphatic carbocycles. The molecule has 0 spiro atoms. The summed E-state index contributed by atoms with van der Waals surface area (Å²) in [6.45, 7) is 2.23. The highest BCUT2D eigenvalue weighted by atomic mass is 35.5. The van der Waals surface area contributed by atoms with Crippen LogP contribution in [0.3, 0.4) is 0 Å². The molecule has 0 aliphatic rings. The number of hydrogen-bond donors (Lipinski definition) is 0. The van der Waals surface area contributed by atoms with E-state index in [-0.39, 0.29) is 24.4 Å². The lowest BCUT2D eigenvalue weighted by atomic mass is 10.1. The van der Waals surface area contributed by atoms with Gasteiger partial charge in [-0.05, 0) is 73.2 Å². The Balaban J connectivity index is 1.64. The van der Waals surface area contributed by atoms with E-state index in [2.05, 4.69) is 0 Å². The number of methoxy groups -OCH3 is 1. The molecule has 1 aromatic heterocycles. The Morgan fingerprint density at radius 3 is 2.22 bits per heavy atom. The number of benzene rings is 3. The van der Waals surface area contributed by atoms with Crippen molar-refractivity contribution in [3.05, 3.63) is 86.5 Å². The standard InChI is InChI=1S/C25H20Cl2O5/c1-15-13-22-20(14-21(15)27)23(28)25(24(32-22)16-3-5-17(26)6-4-16)31-12-11-30-19-9-7-18(29-2)8-10-19/h3-10,13-14H,11-12H2,1-2H3. The molecule has 7 heteroatoms. The normalized spacial score (nSPS) is 10.9. The summed E-state index contributed by atoms with van der Waals surface area (Å²) in [6.07, 6.45) is 0. The minimum absolute atomic E-state index is 0.0954. The zero-order valence-corrected chi connectivity index (χ0v) is 19.0. The van der Waals surface area contributed by atoms with Gasteiger partial charge < -0.3 is 18.6 Å². The zero-order chi connectivity index (χ0) is 22.7. The number of hydrogen-bond acceptors (Lipinski definition) is 5. The van der Waals surface area contributed by atoms with E-state index in [1.54, 1.807) is 67.8 Å². The van der Waals surface area contributed by atoms with Crippen molar-refractivity contribution in [3.8, 4) is 28.6 Å². The largest absolute Gasteiger partial charge is 0.497 e. The summed E-state index contributed by atoms with van der Waals surface area (Å²) in [6, 6.07) is 17.6. The van der Waals surface area contributed by atoms with E-state index < -0.39 is 0 Å². The highest BCUT2D eigenvalue weighted by Gasteiger charge is 2.19. The summed E-state index contributed by atoms with van der Waals surface area (Å²) in [5.41, 5.74) is 1.62. The second kappa shape index (κ2) is 9.55. The van der Waals surface area contributed by atoms with Crippen molar-refractivity contribution in [3.63, 3.8) is 0 Å². The molecule has 0 radical (unpaired) electrons. The van der Waals surface area contributed by atoms with Crippen LogP contribution in [-0.2, 0) is 0 Å². The first kappa shape index (κ1) is 22.1. The zero-order valence-electron chi connectivity index (χ0n) is 17.5. The fourth-order valence-corrected chi connectivity index (χ4v) is 3.49. The molecule has 5 nitrogen and oxygen atoms in total. The lowest BCUT2D eigenvalue weighted by Gasteiger charge is -2.13. The highest BCUT2D eigenvalue weighted by molar-refractivity contribution is 6.32. The molecule has 0 atom stereocenters. The quantitative estimate of drug-likeness (QED) is 0.287. The third-order valence-electron chi connectivity index (χ3n) is 4.89. The van der Waals surface area contributed by atoms with Gasteiger partial charge in [0, 0.05) is 15.6 Å². The van der Waals surface area contributed by atoms with Crippen molar-refractivity contribution in [1.82, 2.24) is 0 Å². The van der Waals surface area contributed by atoms with E-state index >= 15 is 0 Å². The molecule has 0 N–H and O–H groups in total. The maximum absolute atomic E-state index is 13.3. The first-order valence-corrected chi connectivity index (χ1v) is 10.6. The summed E-state index contributed by atoms with van der Waals surface area (Å²) in [7, 11) is 1.60. The molecule has 0 saturated carbocycles. The molecule has 0 saturated heterocycles. The molecule has 4 aromatic rings. The fraction of sp³-hybridized carbons (Fsp3) is 0.160. The van der Waals surface area contributed by atoms with Gasteiger partial charge in [-0.15, -0.1) is 0 Å². The Kier molecular flexibility index (Phi) is 6.58. The summed E-state index contributed by atoms with van der Waals surface area (Å²) >= 11 is 12.3. The minimum Gasteiger partial charge on any atom is -0.497 e. The minimum atomic E-state index is -0.303. The van der Waals surface area contributed by atoms with Crippen LogP contribution in [0.5, 0.6) is 17.2 Å². The number of halogens is 2. The molecular weight excluding hydrogens is 451 g/mol. The predicted octanol–water partition coefficient (Wildman–Crippen LogP) is 6.54. The average Bonchev–Trinajstić information content (AvgIpc) is 2.80. The Bertz CT molecular complexity index is 1300. The lowest BCUT2D eigenvalue weighted by molar-refractivity contribution is 0.214. The van der Waals surface area contributed by atoms with Crippen molar-refractivity contribution in [2.24, 2.45) is 0 Å². The lowest BCUT2D eigenvalue weighted by Crippen LogP contribution is -2.15. The Morgan fingerprint density at radius 2 is 1.53 bits per heavy atom. The molecule has 1 heterocycles. The van der Waals surface area contributed by atoms with Crippen LogP contribution in [0.4, 0.5) is 0 Å². The van der Waals surface area contributed by atoms with Gasteiger partial charge in [-0.2, -0.15) is 0 Å². The highest BCUT2D eigenvalue weighted by Crippen LogP contribution is 2.33. The molecule has 32 heavy (non-hydrogen) atoms. The van der Waals surface area contributed by atoms with Crippen molar-refractivity contribution in [2.45, 2.75) is 6.92 Å². The molecule has 0 aliphatic heterocycles. The van der Waals surface area contributed by atoms with Gasteiger partial charge in [-0.25, -0.2) is 0 Å². The summed E-state index contributed by atoms with van der Waals surface area (Å²) in [5, 5.41) is 1.41. The second-order valence-corrected chi connectivity index (χ2v) is 7.91.